The van der Waals surface area contributed by atoms with Crippen molar-refractivity contribution in [1.29, 1.82) is 0 Å². The zero-order valence-corrected chi connectivity index (χ0v) is 15.2. The fourth-order valence-electron chi connectivity index (χ4n) is 3.04. The highest BCUT2D eigenvalue weighted by Gasteiger charge is 2.30. The van der Waals surface area contributed by atoms with Gasteiger partial charge in [0.2, 0.25) is 5.88 Å². The van der Waals surface area contributed by atoms with E-state index in [1.165, 1.54) is 18.2 Å². The second-order valence-corrected chi connectivity index (χ2v) is 6.86. The fraction of sp³-hybridized carbons (Fsp3) is 0.368. The number of nitrogens with zero attached hydrogens (tertiary/aromatic N) is 2. The Kier molecular flexibility index (Phi) is 5.43. The van der Waals surface area contributed by atoms with Crippen LogP contribution in [0.2, 0.25) is 5.02 Å². The molecule has 2 amide bonds. The van der Waals surface area contributed by atoms with Crippen molar-refractivity contribution in [2.75, 3.05) is 20.2 Å². The molecule has 0 bridgehead atoms. The number of rotatable bonds is 5. The van der Waals surface area contributed by atoms with E-state index in [1.54, 1.807) is 12.3 Å². The number of hydrogen-bond donors (Lipinski definition) is 1. The minimum atomic E-state index is -0.0487. The van der Waals surface area contributed by atoms with Gasteiger partial charge in [-0.3, -0.25) is 0 Å². The fourth-order valence-corrected chi connectivity index (χ4v) is 3.30. The van der Waals surface area contributed by atoms with Crippen LogP contribution in [0.1, 0.15) is 16.7 Å². The van der Waals surface area contributed by atoms with Gasteiger partial charge < -0.3 is 15.0 Å². The quantitative estimate of drug-likeness (QED) is 0.889. The summed E-state index contributed by atoms with van der Waals surface area (Å²) in [6.07, 6.45) is 2.67. The van der Waals surface area contributed by atoms with Gasteiger partial charge in [-0.1, -0.05) is 41.4 Å². The highest BCUT2D eigenvalue weighted by Crippen LogP contribution is 2.23. The van der Waals surface area contributed by atoms with E-state index in [9.17, 15) is 4.79 Å². The molecule has 1 aromatic carbocycles. The Morgan fingerprint density at radius 3 is 2.84 bits per heavy atom. The predicted octanol–water partition coefficient (Wildman–Crippen LogP) is 3.44. The molecule has 25 heavy (non-hydrogen) atoms. The number of nitrogens with one attached hydrogen (secondary N) is 1. The molecule has 0 atom stereocenters. The lowest BCUT2D eigenvalue weighted by Crippen LogP contribution is -2.54. The van der Waals surface area contributed by atoms with Gasteiger partial charge in [-0.25, -0.2) is 9.78 Å². The Labute approximate surface area is 153 Å². The van der Waals surface area contributed by atoms with Crippen molar-refractivity contribution < 1.29 is 9.53 Å². The van der Waals surface area contributed by atoms with Crippen molar-refractivity contribution >= 4 is 17.6 Å². The van der Waals surface area contributed by atoms with Crippen LogP contribution in [0, 0.1) is 12.8 Å². The number of methoxy groups -OCH3 is 1. The second-order valence-electron chi connectivity index (χ2n) is 6.46. The lowest BCUT2D eigenvalue weighted by Gasteiger charge is -2.39. The monoisotopic (exact) mass is 359 g/mol. The van der Waals surface area contributed by atoms with Gasteiger partial charge in [0.25, 0.3) is 0 Å². The molecule has 0 unspecified atom stereocenters. The molecule has 1 aliphatic heterocycles. The summed E-state index contributed by atoms with van der Waals surface area (Å²) in [4.78, 5) is 18.1. The van der Waals surface area contributed by atoms with E-state index < -0.39 is 0 Å². The second kappa shape index (κ2) is 7.74. The lowest BCUT2D eigenvalue weighted by atomic mass is 9.92. The van der Waals surface area contributed by atoms with Gasteiger partial charge in [-0.15, -0.1) is 0 Å². The largest absolute Gasteiger partial charge is 0.480 e. The summed E-state index contributed by atoms with van der Waals surface area (Å²) in [5.41, 5.74) is 3.46. The Morgan fingerprint density at radius 2 is 2.16 bits per heavy atom. The zero-order chi connectivity index (χ0) is 17.8. The number of pyridine rings is 1. The van der Waals surface area contributed by atoms with E-state index in [0.29, 0.717) is 23.4 Å². The third-order valence-corrected chi connectivity index (χ3v) is 4.62. The van der Waals surface area contributed by atoms with Crippen molar-refractivity contribution in [1.82, 2.24) is 15.2 Å². The number of halogens is 1. The van der Waals surface area contributed by atoms with Crippen LogP contribution in [0.5, 0.6) is 5.88 Å². The first-order valence-electron chi connectivity index (χ1n) is 8.32. The molecule has 1 N–H and O–H groups in total. The number of likely N-dealkylation sites (tertiary alicyclic amines) is 1. The Morgan fingerprint density at radius 1 is 1.36 bits per heavy atom. The number of carbonyl (C=O) groups is 1. The normalized spacial score (nSPS) is 14.1. The summed E-state index contributed by atoms with van der Waals surface area (Å²) in [5.74, 6) is 0.920. The molecule has 1 aliphatic rings. The van der Waals surface area contributed by atoms with Crippen LogP contribution in [0.3, 0.4) is 0 Å². The molecule has 132 valence electrons. The topological polar surface area (TPSA) is 54.5 Å². The van der Waals surface area contributed by atoms with Gasteiger partial charge in [0, 0.05) is 25.8 Å². The molecule has 0 aliphatic carbocycles. The maximum Gasteiger partial charge on any atom is 0.317 e. The van der Waals surface area contributed by atoms with Gasteiger partial charge >= 0.3 is 6.03 Å². The Balaban J connectivity index is 1.44. The summed E-state index contributed by atoms with van der Waals surface area (Å²) in [7, 11) is 1.52. The molecule has 1 aromatic heterocycles. The van der Waals surface area contributed by atoms with Crippen LogP contribution in [0.25, 0.3) is 0 Å². The molecule has 1 fully saturated rings. The van der Waals surface area contributed by atoms with Crippen LogP contribution in [-0.4, -0.2) is 36.1 Å². The van der Waals surface area contributed by atoms with E-state index >= 15 is 0 Å². The predicted molar refractivity (Wildman–Crippen MR) is 98.0 cm³/mol. The number of hydrogen-bond acceptors (Lipinski definition) is 3. The molecule has 0 radical (unpaired) electrons. The third kappa shape index (κ3) is 4.42. The molecule has 3 rings (SSSR count). The maximum atomic E-state index is 12.2. The molecule has 6 heteroatoms. The third-order valence-electron chi connectivity index (χ3n) is 4.35. The highest BCUT2D eigenvalue weighted by atomic mass is 35.5. The van der Waals surface area contributed by atoms with Crippen LogP contribution in [0.15, 0.2) is 36.5 Å². The Hall–Kier alpha value is -2.27. The standard InChI is InChI=1S/C19H22ClN3O2/c1-13-4-3-5-14(6-13)7-16-11-23(12-16)19(24)22-10-15-8-17(20)18(25-2)21-9-15/h3-6,8-9,16H,7,10-12H2,1-2H3,(H,22,24). The summed E-state index contributed by atoms with van der Waals surface area (Å²) < 4.78 is 5.02. The van der Waals surface area contributed by atoms with E-state index in [1.807, 2.05) is 4.90 Å². The van der Waals surface area contributed by atoms with Crippen LogP contribution in [-0.2, 0) is 13.0 Å². The first-order chi connectivity index (χ1) is 12.0. The highest BCUT2D eigenvalue weighted by molar-refractivity contribution is 6.31. The van der Waals surface area contributed by atoms with Crippen molar-refractivity contribution in [2.24, 2.45) is 5.92 Å². The van der Waals surface area contributed by atoms with Crippen molar-refractivity contribution in [2.45, 2.75) is 19.9 Å². The number of urea groups is 1. The molecule has 5 nitrogen and oxygen atoms in total. The van der Waals surface area contributed by atoms with Gasteiger partial charge in [-0.05, 0) is 36.5 Å². The van der Waals surface area contributed by atoms with E-state index in [0.717, 1.165) is 25.1 Å². The number of aryl methyl sites for hydroxylation is 1. The summed E-state index contributed by atoms with van der Waals surface area (Å²) in [5, 5.41) is 3.35. The maximum absolute atomic E-state index is 12.2. The molecule has 2 heterocycles. The number of carbonyl (C=O) groups excluding carboxylic acids is 1. The van der Waals surface area contributed by atoms with Crippen LogP contribution in [0.4, 0.5) is 4.79 Å². The van der Waals surface area contributed by atoms with E-state index in [2.05, 4.69) is 41.5 Å². The average molecular weight is 360 g/mol. The number of ether oxygens (including phenoxy) is 1. The van der Waals surface area contributed by atoms with Gasteiger partial charge in [0.15, 0.2) is 0 Å². The average Bonchev–Trinajstić information content (AvgIpc) is 2.56. The van der Waals surface area contributed by atoms with Gasteiger partial charge in [0.05, 0.1) is 7.11 Å². The number of benzene rings is 1. The summed E-state index contributed by atoms with van der Waals surface area (Å²) in [6.45, 7) is 4.09. The minimum Gasteiger partial charge on any atom is -0.480 e. The molecule has 0 spiro atoms. The minimum absolute atomic E-state index is 0.0487. The van der Waals surface area contributed by atoms with Crippen molar-refractivity contribution in [3.8, 4) is 5.88 Å². The smallest absolute Gasteiger partial charge is 0.317 e. The van der Waals surface area contributed by atoms with Crippen LogP contribution >= 0.6 is 11.6 Å². The van der Waals surface area contributed by atoms with E-state index in [-0.39, 0.29) is 6.03 Å². The molecular formula is C19H22ClN3O2. The lowest BCUT2D eigenvalue weighted by molar-refractivity contribution is 0.120. The summed E-state index contributed by atoms with van der Waals surface area (Å²) >= 11 is 6.04. The van der Waals surface area contributed by atoms with Gasteiger partial charge in [-0.2, -0.15) is 0 Å². The molecule has 0 saturated carbocycles. The molecule has 1 saturated heterocycles. The van der Waals surface area contributed by atoms with Gasteiger partial charge in [0.1, 0.15) is 5.02 Å². The SMILES string of the molecule is COc1ncc(CNC(=O)N2CC(Cc3cccc(C)c3)C2)cc1Cl. The molecular weight excluding hydrogens is 338 g/mol. The summed E-state index contributed by atoms with van der Waals surface area (Å²) in [6, 6.07) is 10.3. The van der Waals surface area contributed by atoms with E-state index in [4.69, 9.17) is 16.3 Å². The Bertz CT molecular complexity index is 760. The number of amides is 2. The van der Waals surface area contributed by atoms with Crippen molar-refractivity contribution in [3.05, 3.63) is 58.2 Å². The molecule has 2 aromatic rings. The first-order valence-corrected chi connectivity index (χ1v) is 8.69. The van der Waals surface area contributed by atoms with Crippen LogP contribution < -0.4 is 10.1 Å². The van der Waals surface area contributed by atoms with Crippen molar-refractivity contribution in [3.63, 3.8) is 0 Å². The number of aromatic nitrogens is 1. The first kappa shape index (κ1) is 17.5. The zero-order valence-electron chi connectivity index (χ0n) is 14.5.